The molecule has 0 aliphatic rings. The van der Waals surface area contributed by atoms with Gasteiger partial charge in [0.05, 0.1) is 24.8 Å². The van der Waals surface area contributed by atoms with Crippen LogP contribution in [0, 0.1) is 13.8 Å². The number of carbonyl (C=O) groups is 1. The van der Waals surface area contributed by atoms with Gasteiger partial charge in [-0.1, -0.05) is 48.0 Å². The van der Waals surface area contributed by atoms with E-state index in [2.05, 4.69) is 54.8 Å². The number of aryl methyl sites for hydroxylation is 2. The van der Waals surface area contributed by atoms with Gasteiger partial charge in [0.1, 0.15) is 11.6 Å². The Bertz CT molecular complexity index is 1230. The van der Waals surface area contributed by atoms with E-state index in [4.69, 9.17) is 14.5 Å². The van der Waals surface area contributed by atoms with Crippen molar-refractivity contribution >= 4 is 17.0 Å². The lowest BCUT2D eigenvalue weighted by atomic mass is 10.1. The number of hydrogen-bond acceptors (Lipinski definition) is 4. The minimum absolute atomic E-state index is 0.157. The Balaban J connectivity index is 1.64. The van der Waals surface area contributed by atoms with E-state index < -0.39 is 0 Å². The highest BCUT2D eigenvalue weighted by Gasteiger charge is 2.18. The summed E-state index contributed by atoms with van der Waals surface area (Å²) in [6.45, 7) is 4.80. The van der Waals surface area contributed by atoms with Crippen LogP contribution in [-0.4, -0.2) is 29.2 Å². The fraction of sp³-hybridized carbons (Fsp3) is 0.286. The number of imidazole rings is 1. The molecule has 0 spiro atoms. The molecule has 170 valence electrons. The molecule has 0 fully saturated rings. The molecule has 0 radical (unpaired) electrons. The smallest absolute Gasteiger partial charge is 0.305 e. The number of carbonyl (C=O) groups excluding carboxylic acids is 1. The van der Waals surface area contributed by atoms with Crippen LogP contribution in [0.5, 0.6) is 5.75 Å². The summed E-state index contributed by atoms with van der Waals surface area (Å²) in [5.74, 6) is 1.62. The summed E-state index contributed by atoms with van der Waals surface area (Å²) in [7, 11) is 1.43. The molecule has 4 aromatic rings. The van der Waals surface area contributed by atoms with E-state index in [0.29, 0.717) is 13.0 Å². The lowest BCUT2D eigenvalue weighted by Crippen LogP contribution is -2.03. The quantitative estimate of drug-likeness (QED) is 0.222. The van der Waals surface area contributed by atoms with E-state index in [-0.39, 0.29) is 5.97 Å². The first-order chi connectivity index (χ1) is 16.1. The van der Waals surface area contributed by atoms with Crippen LogP contribution in [-0.2, 0) is 9.53 Å². The number of rotatable bonds is 9. The van der Waals surface area contributed by atoms with Gasteiger partial charge in [0.25, 0.3) is 0 Å². The Kier molecular flexibility index (Phi) is 7.08. The fourth-order valence-corrected chi connectivity index (χ4v) is 4.02. The van der Waals surface area contributed by atoms with Crippen molar-refractivity contribution in [2.24, 2.45) is 0 Å². The Hall–Kier alpha value is -3.60. The molecule has 1 heterocycles. The van der Waals surface area contributed by atoms with Crippen LogP contribution < -0.4 is 4.74 Å². The number of unbranched alkanes of at least 4 members (excludes halogenated alkanes) is 2. The lowest BCUT2D eigenvalue weighted by molar-refractivity contribution is -0.140. The van der Waals surface area contributed by atoms with Gasteiger partial charge in [-0.05, 0) is 57.4 Å². The van der Waals surface area contributed by atoms with Gasteiger partial charge in [-0.25, -0.2) is 4.98 Å². The van der Waals surface area contributed by atoms with Crippen LogP contribution in [0.4, 0.5) is 0 Å². The standard InChI is InChI=1S/C28H30N2O3/c1-20-13-15-23(16-14-20)30-27-21(2)25(33-19-9-5-8-12-26(31)32-3)18-17-24(27)29-28(30)22-10-6-4-7-11-22/h4,6-7,10-11,13-18H,5,8-9,12,19H2,1-3H3. The summed E-state index contributed by atoms with van der Waals surface area (Å²) in [4.78, 5) is 16.2. The molecule has 0 N–H and O–H groups in total. The second kappa shape index (κ2) is 10.3. The number of aromatic nitrogens is 2. The number of ether oxygens (including phenoxy) is 2. The second-order valence-electron chi connectivity index (χ2n) is 8.26. The van der Waals surface area contributed by atoms with Crippen LogP contribution in [0.2, 0.25) is 0 Å². The molecule has 0 saturated heterocycles. The Morgan fingerprint density at radius 1 is 0.909 bits per heavy atom. The van der Waals surface area contributed by atoms with Crippen molar-refractivity contribution in [1.29, 1.82) is 0 Å². The van der Waals surface area contributed by atoms with E-state index in [1.807, 2.05) is 30.3 Å². The molecule has 0 aliphatic heterocycles. The van der Waals surface area contributed by atoms with Gasteiger partial charge in [0.2, 0.25) is 0 Å². The summed E-state index contributed by atoms with van der Waals surface area (Å²) in [6, 6.07) is 22.8. The maximum Gasteiger partial charge on any atom is 0.305 e. The summed E-state index contributed by atoms with van der Waals surface area (Å²) in [5, 5.41) is 0. The average Bonchev–Trinajstić information content (AvgIpc) is 3.24. The van der Waals surface area contributed by atoms with Crippen LogP contribution in [0.1, 0.15) is 36.8 Å². The highest BCUT2D eigenvalue weighted by molar-refractivity contribution is 5.87. The summed E-state index contributed by atoms with van der Waals surface area (Å²) >= 11 is 0. The molecule has 33 heavy (non-hydrogen) atoms. The van der Waals surface area contributed by atoms with Gasteiger partial charge >= 0.3 is 5.97 Å². The number of benzene rings is 3. The van der Waals surface area contributed by atoms with E-state index in [1.165, 1.54) is 12.7 Å². The van der Waals surface area contributed by atoms with Gasteiger partial charge < -0.3 is 9.47 Å². The molecule has 0 saturated carbocycles. The zero-order valence-corrected chi connectivity index (χ0v) is 19.5. The normalized spacial score (nSPS) is 11.0. The molecule has 0 amide bonds. The third kappa shape index (κ3) is 5.08. The topological polar surface area (TPSA) is 53.4 Å². The second-order valence-corrected chi connectivity index (χ2v) is 8.26. The van der Waals surface area contributed by atoms with Crippen LogP contribution in [0.3, 0.4) is 0 Å². The van der Waals surface area contributed by atoms with Crippen molar-refractivity contribution in [2.75, 3.05) is 13.7 Å². The number of methoxy groups -OCH3 is 1. The van der Waals surface area contributed by atoms with Crippen molar-refractivity contribution in [2.45, 2.75) is 39.5 Å². The van der Waals surface area contributed by atoms with Gasteiger partial charge in [-0.15, -0.1) is 0 Å². The number of fused-ring (bicyclic) bond motifs is 1. The van der Waals surface area contributed by atoms with Crippen molar-refractivity contribution in [1.82, 2.24) is 9.55 Å². The third-order valence-corrected chi connectivity index (χ3v) is 5.86. The van der Waals surface area contributed by atoms with Crippen molar-refractivity contribution in [3.63, 3.8) is 0 Å². The Labute approximate surface area is 195 Å². The maximum absolute atomic E-state index is 11.2. The van der Waals surface area contributed by atoms with E-state index in [0.717, 1.165) is 58.7 Å². The Morgan fingerprint density at radius 3 is 2.39 bits per heavy atom. The van der Waals surface area contributed by atoms with Gasteiger partial charge in [0.15, 0.2) is 0 Å². The molecule has 5 nitrogen and oxygen atoms in total. The van der Waals surface area contributed by atoms with E-state index >= 15 is 0 Å². The molecule has 0 atom stereocenters. The molecular formula is C28H30N2O3. The minimum atomic E-state index is -0.157. The summed E-state index contributed by atoms with van der Waals surface area (Å²) < 4.78 is 13.1. The van der Waals surface area contributed by atoms with Crippen molar-refractivity contribution in [3.8, 4) is 22.8 Å². The Morgan fingerprint density at radius 2 is 1.67 bits per heavy atom. The number of hydrogen-bond donors (Lipinski definition) is 0. The van der Waals surface area contributed by atoms with Crippen LogP contribution in [0.15, 0.2) is 66.7 Å². The molecule has 0 unspecified atom stereocenters. The lowest BCUT2D eigenvalue weighted by Gasteiger charge is -2.14. The number of esters is 1. The maximum atomic E-state index is 11.2. The predicted molar refractivity (Wildman–Crippen MR) is 132 cm³/mol. The zero-order chi connectivity index (χ0) is 23.2. The van der Waals surface area contributed by atoms with Crippen molar-refractivity contribution < 1.29 is 14.3 Å². The minimum Gasteiger partial charge on any atom is -0.493 e. The molecular weight excluding hydrogens is 412 g/mol. The first-order valence-electron chi connectivity index (χ1n) is 11.4. The predicted octanol–water partition coefficient (Wildman–Crippen LogP) is 6.42. The molecule has 1 aromatic heterocycles. The SMILES string of the molecule is COC(=O)CCCCCOc1ccc2nc(-c3ccccc3)n(-c3ccc(C)cc3)c2c1C. The number of nitrogens with zero attached hydrogens (tertiary/aromatic N) is 2. The fourth-order valence-electron chi connectivity index (χ4n) is 4.02. The first kappa shape index (κ1) is 22.6. The monoisotopic (exact) mass is 442 g/mol. The molecule has 3 aromatic carbocycles. The van der Waals surface area contributed by atoms with Crippen LogP contribution >= 0.6 is 0 Å². The largest absolute Gasteiger partial charge is 0.493 e. The molecule has 4 rings (SSSR count). The van der Waals surface area contributed by atoms with E-state index in [1.54, 1.807) is 0 Å². The third-order valence-electron chi connectivity index (χ3n) is 5.86. The van der Waals surface area contributed by atoms with Gasteiger partial charge in [-0.3, -0.25) is 9.36 Å². The summed E-state index contributed by atoms with van der Waals surface area (Å²) in [5.41, 5.74) is 6.43. The van der Waals surface area contributed by atoms with E-state index in [9.17, 15) is 4.79 Å². The molecule has 5 heteroatoms. The average molecular weight is 443 g/mol. The summed E-state index contributed by atoms with van der Waals surface area (Å²) in [6.07, 6.45) is 3.09. The van der Waals surface area contributed by atoms with Gasteiger partial charge in [-0.2, -0.15) is 0 Å². The molecule has 0 aliphatic carbocycles. The van der Waals surface area contributed by atoms with Gasteiger partial charge in [0, 0.05) is 23.2 Å². The first-order valence-corrected chi connectivity index (χ1v) is 11.4. The zero-order valence-electron chi connectivity index (χ0n) is 19.5. The molecule has 0 bridgehead atoms. The highest BCUT2D eigenvalue weighted by Crippen LogP contribution is 2.34. The highest BCUT2D eigenvalue weighted by atomic mass is 16.5. The van der Waals surface area contributed by atoms with Crippen molar-refractivity contribution in [3.05, 3.63) is 77.9 Å². The van der Waals surface area contributed by atoms with Crippen LogP contribution in [0.25, 0.3) is 28.1 Å².